The molecule has 2 aromatic rings. The van der Waals surface area contributed by atoms with Gasteiger partial charge in [-0.2, -0.15) is 0 Å². The first-order valence-corrected chi connectivity index (χ1v) is 7.57. The first-order valence-electron chi connectivity index (χ1n) is 5.18. The number of nitrogens with one attached hydrogen (secondary N) is 1. The molecule has 96 valence electrons. The Morgan fingerprint density at radius 1 is 1.33 bits per heavy atom. The maximum atomic E-state index is 6.12. The number of anilines is 1. The molecule has 0 aliphatic rings. The summed E-state index contributed by atoms with van der Waals surface area (Å²) in [6, 6.07) is 1.68. The van der Waals surface area contributed by atoms with Crippen LogP contribution >= 0.6 is 46.3 Å². The second-order valence-electron chi connectivity index (χ2n) is 3.33. The maximum absolute atomic E-state index is 6.12. The number of pyridine rings is 1. The second kappa shape index (κ2) is 6.06. The number of rotatable bonds is 4. The molecule has 0 atom stereocenters. The predicted octanol–water partition coefficient (Wildman–Crippen LogP) is 4.13. The number of halogens is 2. The zero-order valence-electron chi connectivity index (χ0n) is 9.70. The molecule has 8 heteroatoms. The first kappa shape index (κ1) is 13.9. The third kappa shape index (κ3) is 3.26. The van der Waals surface area contributed by atoms with E-state index in [9.17, 15) is 0 Å². The van der Waals surface area contributed by atoms with E-state index in [1.54, 1.807) is 6.07 Å². The molecule has 0 fully saturated rings. The van der Waals surface area contributed by atoms with Crippen LogP contribution < -0.4 is 5.32 Å². The van der Waals surface area contributed by atoms with Crippen molar-refractivity contribution in [1.29, 1.82) is 0 Å². The van der Waals surface area contributed by atoms with E-state index >= 15 is 0 Å². The van der Waals surface area contributed by atoms with Crippen molar-refractivity contribution in [2.45, 2.75) is 23.2 Å². The number of hydrogen-bond donors (Lipinski definition) is 1. The van der Waals surface area contributed by atoms with Crippen LogP contribution in [0.25, 0.3) is 0 Å². The van der Waals surface area contributed by atoms with Gasteiger partial charge in [-0.3, -0.25) is 0 Å². The van der Waals surface area contributed by atoms with E-state index in [-0.39, 0.29) is 0 Å². The van der Waals surface area contributed by atoms with Gasteiger partial charge < -0.3 is 5.32 Å². The third-order valence-corrected chi connectivity index (χ3v) is 4.52. The first-order chi connectivity index (χ1) is 8.60. The Morgan fingerprint density at radius 3 is 2.72 bits per heavy atom. The van der Waals surface area contributed by atoms with Crippen LogP contribution in [-0.2, 0) is 0 Å². The molecule has 1 N–H and O–H groups in total. The topological polar surface area (TPSA) is 50.7 Å². The maximum Gasteiger partial charge on any atom is 0.180 e. The van der Waals surface area contributed by atoms with Gasteiger partial charge in [0.1, 0.15) is 15.9 Å². The van der Waals surface area contributed by atoms with Gasteiger partial charge in [-0.05, 0) is 31.7 Å². The van der Waals surface area contributed by atoms with Crippen LogP contribution in [0.2, 0.25) is 10.0 Å². The van der Waals surface area contributed by atoms with Gasteiger partial charge in [0.15, 0.2) is 4.34 Å². The van der Waals surface area contributed by atoms with Gasteiger partial charge >= 0.3 is 0 Å². The van der Waals surface area contributed by atoms with Crippen molar-refractivity contribution in [2.24, 2.45) is 0 Å². The van der Waals surface area contributed by atoms with Crippen molar-refractivity contribution in [3.05, 3.63) is 21.1 Å². The molecule has 2 heterocycles. The molecule has 4 nitrogen and oxygen atoms in total. The summed E-state index contributed by atoms with van der Waals surface area (Å²) in [4.78, 5) is 4.39. The van der Waals surface area contributed by atoms with E-state index < -0.39 is 0 Å². The zero-order valence-corrected chi connectivity index (χ0v) is 12.8. The summed E-state index contributed by atoms with van der Waals surface area (Å²) in [5.74, 6) is 0.632. The van der Waals surface area contributed by atoms with E-state index in [0.717, 1.165) is 15.9 Å². The molecule has 0 radical (unpaired) electrons. The Bertz CT molecular complexity index is 559. The van der Waals surface area contributed by atoms with Gasteiger partial charge in [0.05, 0.1) is 10.0 Å². The summed E-state index contributed by atoms with van der Waals surface area (Å²) in [6.07, 6.45) is 0. The second-order valence-corrected chi connectivity index (χ2v) is 6.56. The molecular formula is C10H10Cl2N4S2. The van der Waals surface area contributed by atoms with Gasteiger partial charge in [0.2, 0.25) is 0 Å². The molecule has 18 heavy (non-hydrogen) atoms. The van der Waals surface area contributed by atoms with Gasteiger partial charge in [-0.25, -0.2) is 4.98 Å². The lowest BCUT2D eigenvalue weighted by molar-refractivity contribution is 0.980. The lowest BCUT2D eigenvalue weighted by Crippen LogP contribution is -2.00. The van der Waals surface area contributed by atoms with Crippen LogP contribution in [0.4, 0.5) is 5.82 Å². The Morgan fingerprint density at radius 2 is 2.11 bits per heavy atom. The minimum atomic E-state index is 0.513. The van der Waals surface area contributed by atoms with E-state index in [2.05, 4.69) is 20.5 Å². The highest BCUT2D eigenvalue weighted by Gasteiger charge is 2.12. The number of aryl methyl sites for hydroxylation is 1. The summed E-state index contributed by atoms with van der Waals surface area (Å²) in [5, 5.41) is 13.7. The van der Waals surface area contributed by atoms with Crippen LogP contribution in [0, 0.1) is 6.92 Å². The smallest absolute Gasteiger partial charge is 0.180 e. The molecule has 0 aliphatic heterocycles. The molecule has 0 bridgehead atoms. The average Bonchev–Trinajstić information content (AvgIpc) is 2.71. The molecule has 0 amide bonds. The molecule has 0 saturated heterocycles. The minimum Gasteiger partial charge on any atom is -0.369 e. The minimum absolute atomic E-state index is 0.513. The zero-order chi connectivity index (χ0) is 13.1. The van der Waals surface area contributed by atoms with Crippen LogP contribution in [0.1, 0.15) is 11.9 Å². The Labute approximate surface area is 123 Å². The van der Waals surface area contributed by atoms with Crippen molar-refractivity contribution in [3.63, 3.8) is 0 Å². The fraction of sp³-hybridized carbons (Fsp3) is 0.300. The van der Waals surface area contributed by atoms with Gasteiger partial charge in [0.25, 0.3) is 0 Å². The SMILES string of the molecule is CCNc1nc(Sc2nnc(C)s2)c(Cl)cc1Cl. The van der Waals surface area contributed by atoms with Gasteiger partial charge in [-0.1, -0.05) is 34.5 Å². The van der Waals surface area contributed by atoms with Crippen molar-refractivity contribution >= 4 is 52.1 Å². The van der Waals surface area contributed by atoms with Crippen molar-refractivity contribution in [2.75, 3.05) is 11.9 Å². The summed E-state index contributed by atoms with van der Waals surface area (Å²) in [5.41, 5.74) is 0. The number of aromatic nitrogens is 3. The van der Waals surface area contributed by atoms with Crippen LogP contribution in [0.3, 0.4) is 0 Å². The van der Waals surface area contributed by atoms with Crippen molar-refractivity contribution < 1.29 is 0 Å². The van der Waals surface area contributed by atoms with E-state index in [0.29, 0.717) is 20.9 Å². The molecule has 2 aromatic heterocycles. The molecule has 0 saturated carbocycles. The largest absolute Gasteiger partial charge is 0.369 e. The van der Waals surface area contributed by atoms with Crippen LogP contribution in [0.15, 0.2) is 15.4 Å². The normalized spacial score (nSPS) is 10.7. The summed E-state index contributed by atoms with van der Waals surface area (Å²) in [7, 11) is 0. The third-order valence-electron chi connectivity index (χ3n) is 1.93. The van der Waals surface area contributed by atoms with Crippen LogP contribution in [-0.4, -0.2) is 21.7 Å². The Kier molecular flexibility index (Phi) is 4.66. The van der Waals surface area contributed by atoms with E-state index in [4.69, 9.17) is 23.2 Å². The highest BCUT2D eigenvalue weighted by molar-refractivity contribution is 8.01. The monoisotopic (exact) mass is 320 g/mol. The summed E-state index contributed by atoms with van der Waals surface area (Å²) >= 11 is 15.1. The Balaban J connectivity index is 2.29. The number of hydrogen-bond acceptors (Lipinski definition) is 6. The Hall–Kier alpha value is -0.560. The number of nitrogens with zero attached hydrogens (tertiary/aromatic N) is 3. The standard InChI is InChI=1S/C10H10Cl2N4S2/c1-3-13-8-6(11)4-7(12)9(14-8)18-10-16-15-5(2)17-10/h4H,3H2,1-2H3,(H,13,14). The highest BCUT2D eigenvalue weighted by Crippen LogP contribution is 2.36. The molecular weight excluding hydrogens is 311 g/mol. The molecule has 0 aromatic carbocycles. The fourth-order valence-electron chi connectivity index (χ4n) is 1.22. The molecule has 0 aliphatic carbocycles. The molecule has 0 spiro atoms. The molecule has 0 unspecified atom stereocenters. The lowest BCUT2D eigenvalue weighted by Gasteiger charge is -2.08. The fourth-order valence-corrected chi connectivity index (χ4v) is 3.48. The average molecular weight is 321 g/mol. The summed E-state index contributed by atoms with van der Waals surface area (Å²) in [6.45, 7) is 4.63. The van der Waals surface area contributed by atoms with Crippen LogP contribution in [0.5, 0.6) is 0 Å². The predicted molar refractivity (Wildman–Crippen MR) is 77.2 cm³/mol. The van der Waals surface area contributed by atoms with Gasteiger partial charge in [0, 0.05) is 6.54 Å². The quantitative estimate of drug-likeness (QED) is 0.917. The summed E-state index contributed by atoms with van der Waals surface area (Å²) < 4.78 is 0.812. The van der Waals surface area contributed by atoms with Gasteiger partial charge in [-0.15, -0.1) is 10.2 Å². The lowest BCUT2D eigenvalue weighted by atomic mass is 10.4. The molecule has 2 rings (SSSR count). The van der Waals surface area contributed by atoms with Crippen molar-refractivity contribution in [3.8, 4) is 0 Å². The highest BCUT2D eigenvalue weighted by atomic mass is 35.5. The van der Waals surface area contributed by atoms with Crippen molar-refractivity contribution in [1.82, 2.24) is 15.2 Å². The van der Waals surface area contributed by atoms with E-state index in [1.807, 2.05) is 13.8 Å². The van der Waals surface area contributed by atoms with E-state index in [1.165, 1.54) is 23.1 Å².